The second-order valence-corrected chi connectivity index (χ2v) is 5.87. The van der Waals surface area contributed by atoms with Crippen LogP contribution in [0.4, 0.5) is 13.2 Å². The van der Waals surface area contributed by atoms with Gasteiger partial charge in [0.15, 0.2) is 0 Å². The zero-order valence-electron chi connectivity index (χ0n) is 12.8. The van der Waals surface area contributed by atoms with Gasteiger partial charge in [-0.25, -0.2) is 0 Å². The normalized spacial score (nSPS) is 21.9. The summed E-state index contributed by atoms with van der Waals surface area (Å²) in [4.78, 5) is 3.77. The lowest BCUT2D eigenvalue weighted by atomic mass is 10.1. The van der Waals surface area contributed by atoms with Gasteiger partial charge in [-0.1, -0.05) is 13.3 Å². The zero-order chi connectivity index (χ0) is 15.2. The molecule has 0 saturated carbocycles. The summed E-state index contributed by atoms with van der Waals surface area (Å²) in [5.74, 6) is 0. The molecule has 0 radical (unpaired) electrons. The van der Waals surface area contributed by atoms with Crippen molar-refractivity contribution in [1.29, 1.82) is 0 Å². The summed E-state index contributed by atoms with van der Waals surface area (Å²) in [6.45, 7) is 9.08. The molecular weight excluding hydrogens is 267 g/mol. The van der Waals surface area contributed by atoms with Crippen LogP contribution in [0.25, 0.3) is 0 Å². The Bertz CT molecular complexity index is 263. The number of nitrogens with zero attached hydrogens (tertiary/aromatic N) is 2. The van der Waals surface area contributed by atoms with E-state index in [0.717, 1.165) is 26.1 Å². The minimum atomic E-state index is -4.08. The Kier molecular flexibility index (Phi) is 7.26. The predicted molar refractivity (Wildman–Crippen MR) is 75.9 cm³/mol. The first-order valence-electron chi connectivity index (χ1n) is 7.58. The van der Waals surface area contributed by atoms with Crippen molar-refractivity contribution in [2.45, 2.75) is 51.9 Å². The van der Waals surface area contributed by atoms with Gasteiger partial charge in [-0.05, 0) is 20.3 Å². The van der Waals surface area contributed by atoms with Crippen LogP contribution in [0.5, 0.6) is 0 Å². The Morgan fingerprint density at radius 3 is 2.20 bits per heavy atom. The standard InChI is InChI=1S/C14H28F3N3/c1-4-5-12(2)18-10-13(3)20-8-6-19(7-9-20)11-14(15,16)17/h12-13,18H,4-11H2,1-3H3. The topological polar surface area (TPSA) is 18.5 Å². The van der Waals surface area contributed by atoms with Gasteiger partial charge in [-0.2, -0.15) is 13.2 Å². The molecule has 0 amide bonds. The highest BCUT2D eigenvalue weighted by Crippen LogP contribution is 2.18. The molecule has 1 aliphatic heterocycles. The molecule has 2 atom stereocenters. The van der Waals surface area contributed by atoms with Crippen molar-refractivity contribution in [3.05, 3.63) is 0 Å². The van der Waals surface area contributed by atoms with Gasteiger partial charge in [0.2, 0.25) is 0 Å². The fraction of sp³-hybridized carbons (Fsp3) is 1.00. The number of nitrogens with one attached hydrogen (secondary N) is 1. The number of alkyl halides is 3. The summed E-state index contributed by atoms with van der Waals surface area (Å²) in [7, 11) is 0. The number of hydrogen-bond acceptors (Lipinski definition) is 3. The average molecular weight is 295 g/mol. The van der Waals surface area contributed by atoms with Gasteiger partial charge < -0.3 is 5.32 Å². The largest absolute Gasteiger partial charge is 0.401 e. The smallest absolute Gasteiger partial charge is 0.313 e. The third-order valence-corrected chi connectivity index (χ3v) is 3.92. The second-order valence-electron chi connectivity index (χ2n) is 5.87. The molecule has 1 fully saturated rings. The van der Waals surface area contributed by atoms with Gasteiger partial charge >= 0.3 is 6.18 Å². The van der Waals surface area contributed by atoms with Crippen LogP contribution in [0.3, 0.4) is 0 Å². The van der Waals surface area contributed by atoms with Crippen molar-refractivity contribution in [3.63, 3.8) is 0 Å². The van der Waals surface area contributed by atoms with Crippen LogP contribution in [0, 0.1) is 0 Å². The lowest BCUT2D eigenvalue weighted by molar-refractivity contribution is -0.149. The third kappa shape index (κ3) is 6.90. The van der Waals surface area contributed by atoms with Crippen LogP contribution in [0.15, 0.2) is 0 Å². The Hall–Kier alpha value is -0.330. The fourth-order valence-corrected chi connectivity index (χ4v) is 2.65. The minimum Gasteiger partial charge on any atom is -0.313 e. The first-order valence-corrected chi connectivity index (χ1v) is 7.58. The molecule has 1 saturated heterocycles. The van der Waals surface area contributed by atoms with E-state index in [4.69, 9.17) is 0 Å². The van der Waals surface area contributed by atoms with Gasteiger partial charge in [0.1, 0.15) is 0 Å². The second kappa shape index (κ2) is 8.20. The van der Waals surface area contributed by atoms with E-state index in [9.17, 15) is 13.2 Å². The highest BCUT2D eigenvalue weighted by atomic mass is 19.4. The first kappa shape index (κ1) is 17.7. The van der Waals surface area contributed by atoms with Crippen molar-refractivity contribution in [2.75, 3.05) is 39.3 Å². The first-order chi connectivity index (χ1) is 9.31. The van der Waals surface area contributed by atoms with E-state index in [-0.39, 0.29) is 0 Å². The van der Waals surface area contributed by atoms with E-state index in [0.29, 0.717) is 25.2 Å². The lowest BCUT2D eigenvalue weighted by Gasteiger charge is -2.38. The predicted octanol–water partition coefficient (Wildman–Crippen LogP) is 2.33. The minimum absolute atomic E-state index is 0.377. The number of rotatable bonds is 7. The van der Waals surface area contributed by atoms with Crippen molar-refractivity contribution in [2.24, 2.45) is 0 Å². The monoisotopic (exact) mass is 295 g/mol. The molecule has 1 aliphatic rings. The third-order valence-electron chi connectivity index (χ3n) is 3.92. The van der Waals surface area contributed by atoms with Crippen LogP contribution in [-0.2, 0) is 0 Å². The molecule has 120 valence electrons. The number of piperazine rings is 1. The summed E-state index contributed by atoms with van der Waals surface area (Å²) in [6, 6.07) is 0.885. The van der Waals surface area contributed by atoms with Crippen molar-refractivity contribution in [3.8, 4) is 0 Å². The molecule has 0 aromatic heterocycles. The van der Waals surface area contributed by atoms with Crippen LogP contribution < -0.4 is 5.32 Å². The van der Waals surface area contributed by atoms with Crippen molar-refractivity contribution in [1.82, 2.24) is 15.1 Å². The van der Waals surface area contributed by atoms with E-state index in [2.05, 4.69) is 31.0 Å². The molecule has 1 heterocycles. The zero-order valence-corrected chi connectivity index (χ0v) is 12.8. The summed E-state index contributed by atoms with van der Waals surface area (Å²) >= 11 is 0. The molecule has 20 heavy (non-hydrogen) atoms. The van der Waals surface area contributed by atoms with Gasteiger partial charge in [0, 0.05) is 44.8 Å². The highest BCUT2D eigenvalue weighted by molar-refractivity contribution is 4.79. The summed E-state index contributed by atoms with van der Waals surface area (Å²) < 4.78 is 36.9. The SMILES string of the molecule is CCCC(C)NCC(C)N1CCN(CC(F)(F)F)CC1. The molecule has 0 bridgehead atoms. The lowest BCUT2D eigenvalue weighted by Crippen LogP contribution is -2.53. The maximum atomic E-state index is 12.3. The van der Waals surface area contributed by atoms with Crippen LogP contribution in [0.1, 0.15) is 33.6 Å². The summed E-state index contributed by atoms with van der Waals surface area (Å²) in [6.07, 6.45) is -1.75. The van der Waals surface area contributed by atoms with Crippen molar-refractivity contribution < 1.29 is 13.2 Å². The highest BCUT2D eigenvalue weighted by Gasteiger charge is 2.32. The fourth-order valence-electron chi connectivity index (χ4n) is 2.65. The summed E-state index contributed by atoms with van der Waals surface area (Å²) in [5, 5.41) is 3.49. The Morgan fingerprint density at radius 1 is 1.10 bits per heavy atom. The molecule has 0 spiro atoms. The van der Waals surface area contributed by atoms with Gasteiger partial charge in [0.05, 0.1) is 6.54 Å². The van der Waals surface area contributed by atoms with Crippen LogP contribution in [-0.4, -0.2) is 67.3 Å². The molecule has 0 aliphatic carbocycles. The van der Waals surface area contributed by atoms with E-state index in [1.165, 1.54) is 11.3 Å². The van der Waals surface area contributed by atoms with E-state index in [1.54, 1.807) is 0 Å². The van der Waals surface area contributed by atoms with Crippen LogP contribution in [0.2, 0.25) is 0 Å². The van der Waals surface area contributed by atoms with Gasteiger partial charge in [-0.15, -0.1) is 0 Å². The number of halogens is 3. The quantitative estimate of drug-likeness (QED) is 0.778. The van der Waals surface area contributed by atoms with Gasteiger partial charge in [0.25, 0.3) is 0 Å². The van der Waals surface area contributed by atoms with Crippen LogP contribution >= 0.6 is 0 Å². The Morgan fingerprint density at radius 2 is 1.70 bits per heavy atom. The van der Waals surface area contributed by atoms with E-state index in [1.807, 2.05) is 0 Å². The molecule has 0 aromatic carbocycles. The maximum Gasteiger partial charge on any atom is 0.401 e. The van der Waals surface area contributed by atoms with Gasteiger partial charge in [-0.3, -0.25) is 9.80 Å². The molecule has 0 aromatic rings. The number of hydrogen-bond donors (Lipinski definition) is 1. The Labute approximate surface area is 120 Å². The summed E-state index contributed by atoms with van der Waals surface area (Å²) in [5.41, 5.74) is 0. The maximum absolute atomic E-state index is 12.3. The molecule has 3 nitrogen and oxygen atoms in total. The molecular formula is C14H28F3N3. The molecule has 1 N–H and O–H groups in total. The molecule has 1 rings (SSSR count). The van der Waals surface area contributed by atoms with Crippen molar-refractivity contribution >= 4 is 0 Å². The molecule has 6 heteroatoms. The Balaban J connectivity index is 2.23. The van der Waals surface area contributed by atoms with E-state index >= 15 is 0 Å². The average Bonchev–Trinajstić information content (AvgIpc) is 2.35. The van der Waals surface area contributed by atoms with E-state index < -0.39 is 12.7 Å². The molecule has 2 unspecified atom stereocenters.